The number of nitrogens with one attached hydrogen (secondary N) is 12. The molecule has 0 spiro atoms. The van der Waals surface area contributed by atoms with Crippen molar-refractivity contribution in [2.45, 2.75) is 106 Å². The summed E-state index contributed by atoms with van der Waals surface area (Å²) in [6, 6.07) is 0. The number of amides is 12. The molecule has 0 rings (SSSR count). The Morgan fingerprint density at radius 2 is 0.431 bits per heavy atom. The maximum atomic E-state index is 14.0. The van der Waals surface area contributed by atoms with E-state index in [4.69, 9.17) is 109 Å². The summed E-state index contributed by atoms with van der Waals surface area (Å²) >= 11 is 4.21. The second-order valence-electron chi connectivity index (χ2n) is 22.0. The molecule has 0 aromatic rings. The monoisotopic (exact) mass is 1500 g/mol. The first kappa shape index (κ1) is 94.6. The Morgan fingerprint density at radius 3 is 0.627 bits per heavy atom. The van der Waals surface area contributed by atoms with Crippen LogP contribution in [0.25, 0.3) is 0 Å². The van der Waals surface area contributed by atoms with Crippen LogP contribution in [-0.4, -0.2) is 257 Å². The summed E-state index contributed by atoms with van der Waals surface area (Å²) in [6.07, 6.45) is -3.78. The predicted octanol–water partition coefficient (Wildman–Crippen LogP) is -12.1. The van der Waals surface area contributed by atoms with Crippen LogP contribution in [0.4, 0.5) is 0 Å². The quantitative estimate of drug-likeness (QED) is 0.00671. The molecule has 0 aromatic heterocycles. The number of ether oxygens (including phenoxy) is 12. The largest absolute Gasteiger partial charge is 0.378 e. The Bertz CT molecular complexity index is 2260. The molecule has 0 aliphatic carbocycles. The van der Waals surface area contributed by atoms with Crippen molar-refractivity contribution in [2.75, 3.05) is 158 Å². The van der Waals surface area contributed by atoms with Crippen molar-refractivity contribution < 1.29 is 124 Å². The molecular weight excluding hydrogens is 1390 g/mol. The molecule has 588 valence electrons. The molecule has 0 radical (unpaired) electrons. The van der Waals surface area contributed by atoms with Gasteiger partial charge in [0, 0.05) is 19.3 Å². The van der Waals surface area contributed by atoms with Crippen LogP contribution in [0.5, 0.6) is 0 Å². The SMILES string of the molecule is NNC(=O)CCOCC(COCCC(=O)NN)(COCCC(=O)NN)NC(=O)CCOCC(COCCC(=O)NC(COCCC(=O)NN)(COCCC(=O)NN)COCCC(=O)NN)(COCCC(=O)NC(COCCC(=O)NN)(COCCC(=O)NN)OCCC(=O)ON)NC(=O)CCS. The van der Waals surface area contributed by atoms with Crippen LogP contribution in [-0.2, 0) is 124 Å². The zero-order valence-corrected chi connectivity index (χ0v) is 57.8. The van der Waals surface area contributed by atoms with Crippen molar-refractivity contribution in [3.63, 3.8) is 0 Å². The first-order valence-corrected chi connectivity index (χ1v) is 32.2. The predicted molar refractivity (Wildman–Crippen MR) is 351 cm³/mol. The molecule has 48 heteroatoms. The second-order valence-corrected chi connectivity index (χ2v) is 22.4. The van der Waals surface area contributed by atoms with Gasteiger partial charge in [-0.2, -0.15) is 18.5 Å². The van der Waals surface area contributed by atoms with E-state index in [2.05, 4.69) is 38.7 Å². The Kier molecular flexibility index (Phi) is 53.9. The molecule has 0 saturated heterocycles. The number of hydrogen-bond donors (Lipinski definition) is 22. The maximum absolute atomic E-state index is 14.0. The van der Waals surface area contributed by atoms with Crippen LogP contribution in [0.15, 0.2) is 0 Å². The van der Waals surface area contributed by atoms with Gasteiger partial charge in [-0.05, 0) is 5.75 Å². The van der Waals surface area contributed by atoms with Gasteiger partial charge in [0.15, 0.2) is 5.72 Å². The number of nitrogens with two attached hydrogens (primary N) is 9. The van der Waals surface area contributed by atoms with Crippen molar-refractivity contribution in [1.29, 1.82) is 0 Å². The van der Waals surface area contributed by atoms with Crippen molar-refractivity contribution in [2.24, 2.45) is 52.6 Å². The third-order valence-electron chi connectivity index (χ3n) is 13.3. The number of hydrazine groups is 8. The third-order valence-corrected chi connectivity index (χ3v) is 13.5. The van der Waals surface area contributed by atoms with Gasteiger partial charge in [0.05, 0.1) is 216 Å². The summed E-state index contributed by atoms with van der Waals surface area (Å²) in [6.45, 7) is -8.51. The lowest BCUT2D eigenvalue weighted by atomic mass is 10.0. The summed E-state index contributed by atoms with van der Waals surface area (Å²) in [5.74, 6) is 38.3. The van der Waals surface area contributed by atoms with Gasteiger partial charge in [-0.15, -0.1) is 0 Å². The smallest absolute Gasteiger partial charge is 0.326 e. The van der Waals surface area contributed by atoms with Crippen LogP contribution in [0.2, 0.25) is 0 Å². The highest BCUT2D eigenvalue weighted by Gasteiger charge is 2.39. The lowest BCUT2D eigenvalue weighted by Crippen LogP contribution is -2.60. The summed E-state index contributed by atoms with van der Waals surface area (Å²) in [5, 5.41) is 11.0. The van der Waals surface area contributed by atoms with E-state index in [1.807, 2.05) is 43.4 Å². The molecule has 12 amide bonds. The average molecular weight is 1500 g/mol. The molecule has 0 aliphatic rings. The first-order valence-electron chi connectivity index (χ1n) is 31.5. The van der Waals surface area contributed by atoms with Crippen molar-refractivity contribution in [3.05, 3.63) is 0 Å². The van der Waals surface area contributed by atoms with E-state index in [1.54, 1.807) is 0 Å². The fourth-order valence-electron chi connectivity index (χ4n) is 8.09. The highest BCUT2D eigenvalue weighted by Crippen LogP contribution is 2.17. The molecule has 0 heterocycles. The van der Waals surface area contributed by atoms with Crippen molar-refractivity contribution >= 4 is 89.5 Å². The first-order chi connectivity index (χ1) is 48.8. The van der Waals surface area contributed by atoms with Crippen LogP contribution in [0.1, 0.15) is 83.5 Å². The molecule has 30 N–H and O–H groups in total. The molecule has 102 heavy (non-hydrogen) atoms. The number of thiol groups is 1. The Hall–Kier alpha value is -7.38. The van der Waals surface area contributed by atoms with Crippen LogP contribution >= 0.6 is 12.6 Å². The van der Waals surface area contributed by atoms with Gasteiger partial charge < -0.3 is 82.9 Å². The fourth-order valence-corrected chi connectivity index (χ4v) is 8.29. The summed E-state index contributed by atoms with van der Waals surface area (Å²) < 4.78 is 70.2. The van der Waals surface area contributed by atoms with E-state index < -0.39 is 184 Å². The van der Waals surface area contributed by atoms with E-state index >= 15 is 0 Å². The van der Waals surface area contributed by atoms with Crippen LogP contribution < -0.4 is 117 Å². The molecule has 0 aliphatic heterocycles. The number of hydrogen-bond acceptors (Lipinski definition) is 36. The topological polar surface area (TPSA) is 720 Å². The minimum Gasteiger partial charge on any atom is -0.378 e. The number of carbonyl (C=O) groups excluding carboxylic acids is 13. The van der Waals surface area contributed by atoms with Gasteiger partial charge in [0.1, 0.15) is 16.6 Å². The average Bonchev–Trinajstić information content (AvgIpc) is 0.873. The molecule has 47 nitrogen and oxygen atoms in total. The molecule has 0 atom stereocenters. The second kappa shape index (κ2) is 58.1. The van der Waals surface area contributed by atoms with Gasteiger partial charge in [0.2, 0.25) is 70.9 Å². The summed E-state index contributed by atoms with van der Waals surface area (Å²) in [5.41, 5.74) is 8.79. The van der Waals surface area contributed by atoms with Gasteiger partial charge in [-0.25, -0.2) is 46.7 Å². The molecule has 0 unspecified atom stereocenters. The zero-order valence-electron chi connectivity index (χ0n) is 56.9. The van der Waals surface area contributed by atoms with Gasteiger partial charge in [-0.1, -0.05) is 0 Å². The van der Waals surface area contributed by atoms with E-state index in [1.165, 1.54) is 0 Å². The molecule has 0 fully saturated rings. The highest BCUT2D eigenvalue weighted by atomic mass is 32.1. The molecular formula is C54H105N21O26S. The Labute approximate surface area is 592 Å². The summed E-state index contributed by atoms with van der Waals surface area (Å²) in [7, 11) is 0. The van der Waals surface area contributed by atoms with E-state index in [0.29, 0.717) is 0 Å². The maximum Gasteiger partial charge on any atom is 0.326 e. The van der Waals surface area contributed by atoms with E-state index in [9.17, 15) is 62.3 Å². The lowest BCUT2D eigenvalue weighted by Gasteiger charge is -2.35. The van der Waals surface area contributed by atoms with E-state index in [-0.39, 0.29) is 156 Å². The molecule has 0 saturated carbocycles. The van der Waals surface area contributed by atoms with Crippen LogP contribution in [0.3, 0.4) is 0 Å². The van der Waals surface area contributed by atoms with Gasteiger partial charge in [-0.3, -0.25) is 106 Å². The van der Waals surface area contributed by atoms with Crippen molar-refractivity contribution in [3.8, 4) is 0 Å². The normalized spacial score (nSPS) is 11.5. The number of carbonyl (C=O) groups is 13. The Morgan fingerprint density at radius 1 is 0.245 bits per heavy atom. The van der Waals surface area contributed by atoms with Crippen molar-refractivity contribution in [1.82, 2.24) is 64.7 Å². The standard InChI is InChI=1S/C54H105N21O26S/c55-68-42(80)4-17-92-27-51(28-93-18-5-43(81)69-56,29-94-19-6-44(82)70-57)64-38(76)1-14-89-33-53(66-41(79)13-26-102,35-91-16-3-40(78)67-54(100-25-12-50(88)101-63,36-98-23-10-48(86)74-61)37-99-24-11-49(87)75-62)34-90-15-2-39(77)65-52(30-95-20-7-45(83)71-58,31-96-21-8-46(84)72-59)32-97-22-9-47(85)73-60/h102H,1-37,55-63H2,(H,64,76)(H,65,77)(H,66,79)(H,67,78)(H,68,80)(H,69,81)(H,70,82)(H,71,83)(H,72,84)(H,73,85)(H,74,86)(H,75,87). The molecule has 0 bridgehead atoms. The van der Waals surface area contributed by atoms with Gasteiger partial charge in [0.25, 0.3) is 0 Å². The highest BCUT2D eigenvalue weighted by molar-refractivity contribution is 7.80. The summed E-state index contributed by atoms with van der Waals surface area (Å²) in [4.78, 5) is 168. The minimum atomic E-state index is -1.95. The van der Waals surface area contributed by atoms with E-state index in [0.717, 1.165) is 0 Å². The van der Waals surface area contributed by atoms with Gasteiger partial charge >= 0.3 is 5.97 Å². The fraction of sp³-hybridized carbons (Fsp3) is 0.759. The number of rotatable bonds is 65. The Balaban J connectivity index is 7.50. The molecule has 0 aromatic carbocycles. The third kappa shape index (κ3) is 47.0. The van der Waals surface area contributed by atoms with Crippen LogP contribution in [0, 0.1) is 0 Å². The minimum absolute atomic E-state index is 0.0230. The lowest BCUT2D eigenvalue weighted by molar-refractivity contribution is -0.171. The zero-order chi connectivity index (χ0) is 76.3.